The molecule has 0 radical (unpaired) electrons. The van der Waals surface area contributed by atoms with Gasteiger partial charge in [-0.3, -0.25) is 0 Å². The molecule has 1 aromatic carbocycles. The van der Waals surface area contributed by atoms with Crippen molar-refractivity contribution in [3.63, 3.8) is 0 Å². The van der Waals surface area contributed by atoms with Gasteiger partial charge in [-0.1, -0.05) is 27.5 Å². The molecule has 1 heterocycles. The normalized spacial score (nSPS) is 19.2. The van der Waals surface area contributed by atoms with Gasteiger partial charge in [0, 0.05) is 22.5 Å². The van der Waals surface area contributed by atoms with Crippen LogP contribution in [0.1, 0.15) is 18.0 Å². The first-order valence-electron chi connectivity index (χ1n) is 4.06. The zero-order valence-electron chi connectivity index (χ0n) is 7.30. The van der Waals surface area contributed by atoms with E-state index in [2.05, 4.69) is 15.9 Å². The second-order valence-electron chi connectivity index (χ2n) is 3.05. The van der Waals surface area contributed by atoms with Gasteiger partial charge in [0.05, 0.1) is 11.6 Å². The number of ether oxygens (including phenoxy) is 1. The van der Waals surface area contributed by atoms with Crippen LogP contribution in [-0.2, 0) is 0 Å². The molecule has 0 fully saturated rings. The SMILES string of the molecule is Cl.N[C@H]1CCOc2c(Cl)cc(Br)cc21. The Morgan fingerprint density at radius 2 is 2.21 bits per heavy atom. The smallest absolute Gasteiger partial charge is 0.142 e. The number of hydrogen-bond acceptors (Lipinski definition) is 2. The maximum Gasteiger partial charge on any atom is 0.142 e. The minimum atomic E-state index is 0. The van der Waals surface area contributed by atoms with Crippen LogP contribution < -0.4 is 10.5 Å². The lowest BCUT2D eigenvalue weighted by Crippen LogP contribution is -2.20. The van der Waals surface area contributed by atoms with Gasteiger partial charge < -0.3 is 10.5 Å². The Balaban J connectivity index is 0.000000980. The van der Waals surface area contributed by atoms with Crippen LogP contribution >= 0.6 is 39.9 Å². The van der Waals surface area contributed by atoms with Crippen LogP contribution in [0.2, 0.25) is 5.02 Å². The van der Waals surface area contributed by atoms with E-state index in [1.807, 2.05) is 12.1 Å². The average molecular weight is 299 g/mol. The fraction of sp³-hybridized carbons (Fsp3) is 0.333. The lowest BCUT2D eigenvalue weighted by atomic mass is 10.0. The highest BCUT2D eigenvalue weighted by molar-refractivity contribution is 9.10. The van der Waals surface area contributed by atoms with Crippen molar-refractivity contribution in [1.82, 2.24) is 0 Å². The van der Waals surface area contributed by atoms with Crippen molar-refractivity contribution < 1.29 is 4.74 Å². The van der Waals surface area contributed by atoms with Gasteiger partial charge in [-0.05, 0) is 12.1 Å². The third-order valence-electron chi connectivity index (χ3n) is 2.11. The highest BCUT2D eigenvalue weighted by atomic mass is 79.9. The van der Waals surface area contributed by atoms with Crippen molar-refractivity contribution >= 4 is 39.9 Å². The Morgan fingerprint density at radius 1 is 1.50 bits per heavy atom. The molecule has 5 heteroatoms. The van der Waals surface area contributed by atoms with Crippen LogP contribution in [-0.4, -0.2) is 6.61 Å². The standard InChI is InChI=1S/C9H9BrClNO.ClH/c10-5-3-6-8(12)1-2-13-9(6)7(11)4-5;/h3-4,8H,1-2,12H2;1H/t8-;/m0./s1. The fourth-order valence-electron chi connectivity index (χ4n) is 1.45. The highest BCUT2D eigenvalue weighted by Crippen LogP contribution is 2.38. The molecule has 0 saturated heterocycles. The predicted molar refractivity (Wildman–Crippen MR) is 63.4 cm³/mol. The maximum absolute atomic E-state index is 6.00. The van der Waals surface area contributed by atoms with E-state index in [9.17, 15) is 0 Å². The number of nitrogens with two attached hydrogens (primary N) is 1. The third kappa shape index (κ3) is 2.16. The van der Waals surface area contributed by atoms with Gasteiger partial charge in [0.15, 0.2) is 0 Å². The average Bonchev–Trinajstić information content (AvgIpc) is 2.07. The molecule has 1 aliphatic heterocycles. The summed E-state index contributed by atoms with van der Waals surface area (Å²) < 4.78 is 6.39. The Hall–Kier alpha value is 0.0400. The van der Waals surface area contributed by atoms with Gasteiger partial charge in [0.1, 0.15) is 5.75 Å². The Bertz CT molecular complexity index is 346. The van der Waals surface area contributed by atoms with Gasteiger partial charge in [-0.25, -0.2) is 0 Å². The second kappa shape index (κ2) is 4.71. The van der Waals surface area contributed by atoms with E-state index >= 15 is 0 Å². The number of halogens is 3. The monoisotopic (exact) mass is 297 g/mol. The molecule has 78 valence electrons. The lowest BCUT2D eigenvalue weighted by Gasteiger charge is -2.23. The second-order valence-corrected chi connectivity index (χ2v) is 4.37. The molecule has 0 bridgehead atoms. The quantitative estimate of drug-likeness (QED) is 0.797. The molecule has 14 heavy (non-hydrogen) atoms. The van der Waals surface area contributed by atoms with E-state index in [1.54, 1.807) is 0 Å². The van der Waals surface area contributed by atoms with Crippen molar-refractivity contribution in [3.05, 3.63) is 27.2 Å². The summed E-state index contributed by atoms with van der Waals surface area (Å²) in [5, 5.41) is 0.625. The van der Waals surface area contributed by atoms with Gasteiger partial charge in [-0.15, -0.1) is 12.4 Å². The largest absolute Gasteiger partial charge is 0.492 e. The predicted octanol–water partition coefficient (Wildman–Crippen LogP) is 3.31. The molecular formula is C9H10BrCl2NO. The zero-order valence-corrected chi connectivity index (χ0v) is 10.5. The fourth-order valence-corrected chi connectivity index (χ4v) is 2.34. The summed E-state index contributed by atoms with van der Waals surface area (Å²) in [5.41, 5.74) is 6.92. The minimum absolute atomic E-state index is 0. The summed E-state index contributed by atoms with van der Waals surface area (Å²) in [6.45, 7) is 0.648. The molecule has 0 spiro atoms. The van der Waals surface area contributed by atoms with E-state index < -0.39 is 0 Å². The molecule has 1 atom stereocenters. The summed E-state index contributed by atoms with van der Waals surface area (Å²) in [4.78, 5) is 0. The Kier molecular flexibility index (Phi) is 4.07. The van der Waals surface area contributed by atoms with Gasteiger partial charge >= 0.3 is 0 Å². The summed E-state index contributed by atoms with van der Waals surface area (Å²) >= 11 is 9.38. The van der Waals surface area contributed by atoms with Gasteiger partial charge in [0.25, 0.3) is 0 Å². The van der Waals surface area contributed by atoms with Gasteiger partial charge in [-0.2, -0.15) is 0 Å². The van der Waals surface area contributed by atoms with Crippen molar-refractivity contribution in [1.29, 1.82) is 0 Å². The summed E-state index contributed by atoms with van der Waals surface area (Å²) in [5.74, 6) is 0.739. The number of benzene rings is 1. The van der Waals surface area contributed by atoms with Crippen LogP contribution in [0, 0.1) is 0 Å². The van der Waals surface area contributed by atoms with Crippen LogP contribution in [0.25, 0.3) is 0 Å². The van der Waals surface area contributed by atoms with Crippen molar-refractivity contribution in [2.45, 2.75) is 12.5 Å². The van der Waals surface area contributed by atoms with Crippen LogP contribution in [0.5, 0.6) is 5.75 Å². The first-order chi connectivity index (χ1) is 6.18. The van der Waals surface area contributed by atoms with Gasteiger partial charge in [0.2, 0.25) is 0 Å². The molecule has 0 saturated carbocycles. The van der Waals surface area contributed by atoms with Crippen molar-refractivity contribution in [3.8, 4) is 5.75 Å². The highest BCUT2D eigenvalue weighted by Gasteiger charge is 2.20. The molecule has 2 rings (SSSR count). The molecule has 2 N–H and O–H groups in total. The molecule has 0 amide bonds. The van der Waals surface area contributed by atoms with E-state index in [1.165, 1.54) is 0 Å². The molecule has 0 aliphatic carbocycles. The summed E-state index contributed by atoms with van der Waals surface area (Å²) in [6.07, 6.45) is 0.847. The topological polar surface area (TPSA) is 35.2 Å². The molecule has 0 unspecified atom stereocenters. The number of rotatable bonds is 0. The van der Waals surface area contributed by atoms with Crippen molar-refractivity contribution in [2.75, 3.05) is 6.61 Å². The molecular weight excluding hydrogens is 289 g/mol. The van der Waals surface area contributed by atoms with Crippen LogP contribution in [0.15, 0.2) is 16.6 Å². The van der Waals surface area contributed by atoms with Crippen molar-refractivity contribution in [2.24, 2.45) is 5.73 Å². The van der Waals surface area contributed by atoms with Crippen LogP contribution in [0.4, 0.5) is 0 Å². The minimum Gasteiger partial charge on any atom is -0.492 e. The lowest BCUT2D eigenvalue weighted by molar-refractivity contribution is 0.269. The summed E-state index contributed by atoms with van der Waals surface area (Å²) in [6, 6.07) is 3.82. The van der Waals surface area contributed by atoms with E-state index in [0.717, 1.165) is 22.2 Å². The summed E-state index contributed by atoms with van der Waals surface area (Å²) in [7, 11) is 0. The number of fused-ring (bicyclic) bond motifs is 1. The molecule has 1 aliphatic rings. The molecule has 1 aromatic rings. The maximum atomic E-state index is 6.00. The third-order valence-corrected chi connectivity index (χ3v) is 2.85. The first kappa shape index (κ1) is 12.1. The Morgan fingerprint density at radius 3 is 2.93 bits per heavy atom. The molecule has 2 nitrogen and oxygen atoms in total. The zero-order chi connectivity index (χ0) is 9.42. The Labute approximate surface area is 102 Å². The van der Waals surface area contributed by atoms with E-state index in [0.29, 0.717) is 11.6 Å². The van der Waals surface area contributed by atoms with E-state index in [4.69, 9.17) is 22.1 Å². The van der Waals surface area contributed by atoms with Crippen LogP contribution in [0.3, 0.4) is 0 Å². The molecule has 0 aromatic heterocycles. The van der Waals surface area contributed by atoms with E-state index in [-0.39, 0.29) is 18.4 Å². The number of hydrogen-bond donors (Lipinski definition) is 1. The first-order valence-corrected chi connectivity index (χ1v) is 5.23.